The predicted molar refractivity (Wildman–Crippen MR) is 83.0 cm³/mol. The maximum atomic E-state index is 6.17. The summed E-state index contributed by atoms with van der Waals surface area (Å²) in [7, 11) is 0. The van der Waals surface area contributed by atoms with Crippen LogP contribution >= 0.6 is 34.2 Å². The van der Waals surface area contributed by atoms with Crippen LogP contribution in [0.5, 0.6) is 0 Å². The van der Waals surface area contributed by atoms with Crippen molar-refractivity contribution in [2.75, 3.05) is 11.1 Å². The van der Waals surface area contributed by atoms with Crippen molar-refractivity contribution in [3.05, 3.63) is 50.6 Å². The SMILES string of the molecule is Cc1cc(N)ccc1Nc1ccc(I)cc1Cl. The molecule has 3 N–H and O–H groups in total. The molecule has 0 aliphatic heterocycles. The van der Waals surface area contributed by atoms with Gasteiger partial charge in [0.25, 0.3) is 0 Å². The topological polar surface area (TPSA) is 38.0 Å². The summed E-state index contributed by atoms with van der Waals surface area (Å²) in [5, 5.41) is 4.02. The third kappa shape index (κ3) is 3.04. The van der Waals surface area contributed by atoms with Crippen molar-refractivity contribution in [1.82, 2.24) is 0 Å². The molecule has 0 saturated carbocycles. The number of nitrogen functional groups attached to an aromatic ring is 1. The van der Waals surface area contributed by atoms with E-state index in [1.807, 2.05) is 43.3 Å². The van der Waals surface area contributed by atoms with E-state index in [1.54, 1.807) is 0 Å². The Balaban J connectivity index is 2.31. The minimum Gasteiger partial charge on any atom is -0.399 e. The molecule has 0 aliphatic rings. The molecule has 88 valence electrons. The summed E-state index contributed by atoms with van der Waals surface area (Å²) in [6, 6.07) is 11.7. The first-order chi connectivity index (χ1) is 8.06. The van der Waals surface area contributed by atoms with Crippen LogP contribution in [0.2, 0.25) is 5.02 Å². The van der Waals surface area contributed by atoms with Gasteiger partial charge in [-0.3, -0.25) is 0 Å². The van der Waals surface area contributed by atoms with Crippen LogP contribution in [0.3, 0.4) is 0 Å². The number of hydrogen-bond acceptors (Lipinski definition) is 2. The van der Waals surface area contributed by atoms with E-state index in [9.17, 15) is 0 Å². The molecule has 4 heteroatoms. The van der Waals surface area contributed by atoms with Gasteiger partial charge in [0.05, 0.1) is 10.7 Å². The lowest BCUT2D eigenvalue weighted by atomic mass is 10.1. The van der Waals surface area contributed by atoms with Gasteiger partial charge in [0.15, 0.2) is 0 Å². The van der Waals surface area contributed by atoms with E-state index in [0.29, 0.717) is 5.02 Å². The molecule has 17 heavy (non-hydrogen) atoms. The Morgan fingerprint density at radius 2 is 1.82 bits per heavy atom. The fourth-order valence-electron chi connectivity index (χ4n) is 1.56. The van der Waals surface area contributed by atoms with Crippen molar-refractivity contribution >= 4 is 51.3 Å². The van der Waals surface area contributed by atoms with E-state index in [0.717, 1.165) is 26.2 Å². The molecule has 0 fully saturated rings. The lowest BCUT2D eigenvalue weighted by Gasteiger charge is -2.11. The first kappa shape index (κ1) is 12.5. The molecule has 0 amide bonds. The maximum absolute atomic E-state index is 6.17. The number of benzene rings is 2. The molecule has 0 bridgehead atoms. The highest BCUT2D eigenvalue weighted by Crippen LogP contribution is 2.29. The lowest BCUT2D eigenvalue weighted by molar-refractivity contribution is 1.43. The summed E-state index contributed by atoms with van der Waals surface area (Å²) in [5.41, 5.74) is 9.50. The van der Waals surface area contributed by atoms with E-state index in [4.69, 9.17) is 17.3 Å². The Bertz CT molecular complexity index is 506. The Morgan fingerprint density at radius 1 is 1.12 bits per heavy atom. The zero-order valence-corrected chi connectivity index (χ0v) is 12.2. The molecular weight excluding hydrogens is 347 g/mol. The molecule has 2 aromatic carbocycles. The lowest BCUT2D eigenvalue weighted by Crippen LogP contribution is -1.95. The number of nitrogens with one attached hydrogen (secondary N) is 1. The predicted octanol–water partition coefficient (Wildman–Crippen LogP) is 4.58. The second kappa shape index (κ2) is 5.14. The fourth-order valence-corrected chi connectivity index (χ4v) is 2.47. The molecule has 0 aliphatic carbocycles. The summed E-state index contributed by atoms with van der Waals surface area (Å²) >= 11 is 8.41. The van der Waals surface area contributed by atoms with Crippen LogP contribution < -0.4 is 11.1 Å². The fraction of sp³-hybridized carbons (Fsp3) is 0.0769. The van der Waals surface area contributed by atoms with E-state index in [2.05, 4.69) is 27.9 Å². The molecule has 0 atom stereocenters. The molecule has 0 spiro atoms. The Kier molecular flexibility index (Phi) is 3.79. The quantitative estimate of drug-likeness (QED) is 0.609. The van der Waals surface area contributed by atoms with Gasteiger partial charge in [-0.2, -0.15) is 0 Å². The molecule has 2 rings (SSSR count). The summed E-state index contributed by atoms with van der Waals surface area (Å²) in [6.45, 7) is 2.01. The number of rotatable bonds is 2. The highest BCUT2D eigenvalue weighted by Gasteiger charge is 2.03. The van der Waals surface area contributed by atoms with E-state index in [-0.39, 0.29) is 0 Å². The number of halogens is 2. The van der Waals surface area contributed by atoms with Gasteiger partial charge in [-0.05, 0) is 71.5 Å². The normalized spacial score (nSPS) is 10.3. The zero-order valence-electron chi connectivity index (χ0n) is 9.30. The average Bonchev–Trinajstić information content (AvgIpc) is 2.25. The summed E-state index contributed by atoms with van der Waals surface area (Å²) in [5.74, 6) is 0. The third-order valence-electron chi connectivity index (χ3n) is 2.45. The largest absolute Gasteiger partial charge is 0.399 e. The molecule has 0 radical (unpaired) electrons. The van der Waals surface area contributed by atoms with Gasteiger partial charge in [0, 0.05) is 14.9 Å². The van der Waals surface area contributed by atoms with Crippen molar-refractivity contribution in [3.8, 4) is 0 Å². The van der Waals surface area contributed by atoms with Crippen LogP contribution in [0.1, 0.15) is 5.56 Å². The van der Waals surface area contributed by atoms with Crippen LogP contribution in [0.25, 0.3) is 0 Å². The van der Waals surface area contributed by atoms with Crippen molar-refractivity contribution < 1.29 is 0 Å². The van der Waals surface area contributed by atoms with Gasteiger partial charge >= 0.3 is 0 Å². The van der Waals surface area contributed by atoms with Gasteiger partial charge in [-0.25, -0.2) is 0 Å². The van der Waals surface area contributed by atoms with Crippen molar-refractivity contribution in [2.24, 2.45) is 0 Å². The van der Waals surface area contributed by atoms with Crippen molar-refractivity contribution in [3.63, 3.8) is 0 Å². The molecular formula is C13H12ClIN2. The smallest absolute Gasteiger partial charge is 0.0651 e. The number of aryl methyl sites for hydroxylation is 1. The molecule has 2 nitrogen and oxygen atoms in total. The average molecular weight is 359 g/mol. The number of hydrogen-bond donors (Lipinski definition) is 2. The van der Waals surface area contributed by atoms with Crippen molar-refractivity contribution in [1.29, 1.82) is 0 Å². The second-order valence-corrected chi connectivity index (χ2v) is 5.48. The van der Waals surface area contributed by atoms with E-state index < -0.39 is 0 Å². The van der Waals surface area contributed by atoms with Crippen LogP contribution in [0.15, 0.2) is 36.4 Å². The summed E-state index contributed by atoms with van der Waals surface area (Å²) in [6.07, 6.45) is 0. The Hall–Kier alpha value is -0.940. The van der Waals surface area contributed by atoms with Gasteiger partial charge < -0.3 is 11.1 Å². The molecule has 0 saturated heterocycles. The van der Waals surface area contributed by atoms with Crippen LogP contribution in [-0.4, -0.2) is 0 Å². The van der Waals surface area contributed by atoms with Crippen LogP contribution in [-0.2, 0) is 0 Å². The Labute approximate surface area is 119 Å². The number of anilines is 3. The molecule has 0 unspecified atom stereocenters. The molecule has 0 heterocycles. The first-order valence-corrected chi connectivity index (χ1v) is 6.60. The highest BCUT2D eigenvalue weighted by molar-refractivity contribution is 14.1. The third-order valence-corrected chi connectivity index (χ3v) is 3.43. The minimum atomic E-state index is 0.716. The zero-order chi connectivity index (χ0) is 12.4. The maximum Gasteiger partial charge on any atom is 0.0651 e. The van der Waals surface area contributed by atoms with Crippen LogP contribution in [0, 0.1) is 10.5 Å². The summed E-state index contributed by atoms with van der Waals surface area (Å²) in [4.78, 5) is 0. The van der Waals surface area contributed by atoms with Gasteiger partial charge in [-0.1, -0.05) is 11.6 Å². The van der Waals surface area contributed by atoms with E-state index >= 15 is 0 Å². The number of nitrogens with two attached hydrogens (primary N) is 1. The first-order valence-electron chi connectivity index (χ1n) is 5.14. The summed E-state index contributed by atoms with van der Waals surface area (Å²) < 4.78 is 1.12. The van der Waals surface area contributed by atoms with Gasteiger partial charge in [0.1, 0.15) is 0 Å². The highest BCUT2D eigenvalue weighted by atomic mass is 127. The Morgan fingerprint density at radius 3 is 2.47 bits per heavy atom. The molecule has 2 aromatic rings. The standard InChI is InChI=1S/C13H12ClIN2/c1-8-6-10(16)3-5-12(8)17-13-4-2-9(15)7-11(13)14/h2-7,17H,16H2,1H3. The van der Waals surface area contributed by atoms with Crippen LogP contribution in [0.4, 0.5) is 17.1 Å². The second-order valence-electron chi connectivity index (χ2n) is 3.82. The van der Waals surface area contributed by atoms with Gasteiger partial charge in [-0.15, -0.1) is 0 Å². The van der Waals surface area contributed by atoms with E-state index in [1.165, 1.54) is 0 Å². The monoisotopic (exact) mass is 358 g/mol. The van der Waals surface area contributed by atoms with Gasteiger partial charge in [0.2, 0.25) is 0 Å². The molecule has 0 aromatic heterocycles. The van der Waals surface area contributed by atoms with Crippen molar-refractivity contribution in [2.45, 2.75) is 6.92 Å². The minimum absolute atomic E-state index is 0.716.